The Kier molecular flexibility index (Phi) is 2.87. The van der Waals surface area contributed by atoms with Gasteiger partial charge in [-0.1, -0.05) is 11.6 Å². The van der Waals surface area contributed by atoms with E-state index < -0.39 is 5.91 Å². The molecule has 3 heterocycles. The second kappa shape index (κ2) is 4.40. The number of halogens is 1. The molecule has 3 rings (SSSR count). The van der Waals surface area contributed by atoms with Crippen LogP contribution in [0.15, 0.2) is 22.9 Å². The van der Waals surface area contributed by atoms with E-state index in [1.54, 1.807) is 0 Å². The molecule has 4 nitrogen and oxygen atoms in total. The molecule has 0 bridgehead atoms. The number of allylic oxidation sites excluding steroid dienone is 1. The second-order valence-electron chi connectivity index (χ2n) is 4.14. The van der Waals surface area contributed by atoms with E-state index in [0.717, 1.165) is 28.3 Å². The van der Waals surface area contributed by atoms with Crippen molar-refractivity contribution in [3.05, 3.63) is 33.2 Å². The second-order valence-corrected chi connectivity index (χ2v) is 5.70. The molecule has 1 aromatic rings. The molecule has 2 aliphatic rings. The number of carbonyl (C=O) groups is 1. The average molecular weight is 283 g/mol. The van der Waals surface area contributed by atoms with Gasteiger partial charge in [0.2, 0.25) is 0 Å². The number of rotatable bonds is 1. The molecule has 0 aromatic carbocycles. The average Bonchev–Trinajstić information content (AvgIpc) is 2.68. The summed E-state index contributed by atoms with van der Waals surface area (Å²) in [4.78, 5) is 17.2. The smallest absolute Gasteiger partial charge is 0.258 e. The lowest BCUT2D eigenvalue weighted by Gasteiger charge is -2.15. The van der Waals surface area contributed by atoms with E-state index in [0.29, 0.717) is 17.9 Å². The van der Waals surface area contributed by atoms with Crippen molar-refractivity contribution in [1.29, 1.82) is 0 Å². The van der Waals surface area contributed by atoms with E-state index in [2.05, 4.69) is 4.99 Å². The number of primary amides is 1. The van der Waals surface area contributed by atoms with Gasteiger partial charge in [-0.05, 0) is 17.7 Å². The lowest BCUT2D eigenvalue weighted by atomic mass is 10.1. The predicted octanol–water partition coefficient (Wildman–Crippen LogP) is 2.06. The number of thiophene rings is 1. The van der Waals surface area contributed by atoms with Crippen molar-refractivity contribution in [3.8, 4) is 0 Å². The molecule has 1 aromatic heterocycles. The summed E-state index contributed by atoms with van der Waals surface area (Å²) in [5, 5.41) is 0. The molecule has 18 heavy (non-hydrogen) atoms. The monoisotopic (exact) mass is 282 g/mol. The third kappa shape index (κ3) is 1.93. The van der Waals surface area contributed by atoms with Crippen molar-refractivity contribution in [2.45, 2.75) is 18.3 Å². The standard InChI is InChI=1S/C12H11ClN2O2S/c13-9-2-1-7-10(15-9)11-6(3-4-17-7)5-8(18-11)12(14)16/h1,5,9H,2-4H2,(H2,14,16). The van der Waals surface area contributed by atoms with Crippen LogP contribution >= 0.6 is 22.9 Å². The van der Waals surface area contributed by atoms with Gasteiger partial charge in [-0.25, -0.2) is 0 Å². The molecule has 2 aliphatic heterocycles. The minimum absolute atomic E-state index is 0.266. The van der Waals surface area contributed by atoms with Gasteiger partial charge in [0.05, 0.1) is 16.4 Å². The third-order valence-electron chi connectivity index (χ3n) is 2.90. The van der Waals surface area contributed by atoms with Gasteiger partial charge >= 0.3 is 0 Å². The summed E-state index contributed by atoms with van der Waals surface area (Å²) in [6.45, 7) is 0.583. The Bertz CT molecular complexity index is 577. The Morgan fingerprint density at radius 2 is 2.44 bits per heavy atom. The van der Waals surface area contributed by atoms with Crippen molar-refractivity contribution in [2.24, 2.45) is 10.7 Å². The molecule has 0 radical (unpaired) electrons. The van der Waals surface area contributed by atoms with Gasteiger partial charge in [-0.3, -0.25) is 9.79 Å². The molecule has 2 N–H and O–H groups in total. The van der Waals surface area contributed by atoms with Crippen LogP contribution < -0.4 is 5.73 Å². The number of ether oxygens (including phenoxy) is 1. The number of nitrogens with zero attached hydrogens (tertiary/aromatic N) is 1. The number of dihydropyridines is 1. The lowest BCUT2D eigenvalue weighted by molar-refractivity contribution is 0.100. The normalized spacial score (nSPS) is 21.9. The Morgan fingerprint density at radius 1 is 1.61 bits per heavy atom. The number of amides is 1. The van der Waals surface area contributed by atoms with Crippen LogP contribution in [-0.2, 0) is 11.2 Å². The minimum atomic E-state index is -0.404. The summed E-state index contributed by atoms with van der Waals surface area (Å²) in [5.41, 5.74) is 6.87. The first-order chi connectivity index (χ1) is 8.65. The van der Waals surface area contributed by atoms with Gasteiger partial charge in [-0.15, -0.1) is 11.3 Å². The minimum Gasteiger partial charge on any atom is -0.491 e. The van der Waals surface area contributed by atoms with Crippen LogP contribution in [0, 0.1) is 0 Å². The molecule has 0 aliphatic carbocycles. The first-order valence-electron chi connectivity index (χ1n) is 5.63. The summed E-state index contributed by atoms with van der Waals surface area (Å²) in [6.07, 6.45) is 3.38. The maximum absolute atomic E-state index is 11.2. The first-order valence-corrected chi connectivity index (χ1v) is 6.88. The van der Waals surface area contributed by atoms with Gasteiger partial charge in [0, 0.05) is 12.8 Å². The largest absolute Gasteiger partial charge is 0.491 e. The maximum Gasteiger partial charge on any atom is 0.258 e. The topological polar surface area (TPSA) is 64.7 Å². The number of carbonyl (C=O) groups excluding carboxylic acids is 1. The Balaban J connectivity index is 2.12. The quantitative estimate of drug-likeness (QED) is 0.633. The molecule has 1 unspecified atom stereocenters. The zero-order chi connectivity index (χ0) is 12.7. The zero-order valence-electron chi connectivity index (χ0n) is 9.48. The highest BCUT2D eigenvalue weighted by Crippen LogP contribution is 2.32. The van der Waals surface area contributed by atoms with E-state index in [-0.39, 0.29) is 5.50 Å². The fraction of sp³-hybridized carbons (Fsp3) is 0.333. The summed E-state index contributed by atoms with van der Waals surface area (Å²) in [7, 11) is 0. The summed E-state index contributed by atoms with van der Waals surface area (Å²) >= 11 is 7.41. The summed E-state index contributed by atoms with van der Waals surface area (Å²) < 4.78 is 5.66. The van der Waals surface area contributed by atoms with E-state index in [1.165, 1.54) is 11.3 Å². The van der Waals surface area contributed by atoms with Gasteiger partial charge in [0.15, 0.2) is 0 Å². The van der Waals surface area contributed by atoms with Crippen molar-refractivity contribution < 1.29 is 9.53 Å². The fourth-order valence-corrected chi connectivity index (χ4v) is 3.31. The predicted molar refractivity (Wildman–Crippen MR) is 71.4 cm³/mol. The van der Waals surface area contributed by atoms with Gasteiger partial charge in [0.25, 0.3) is 5.91 Å². The number of nitrogens with two attached hydrogens (primary N) is 1. The lowest BCUT2D eigenvalue weighted by Crippen LogP contribution is -2.14. The van der Waals surface area contributed by atoms with Crippen molar-refractivity contribution in [3.63, 3.8) is 0 Å². The van der Waals surface area contributed by atoms with E-state index >= 15 is 0 Å². The van der Waals surface area contributed by atoms with Crippen LogP contribution in [0.4, 0.5) is 0 Å². The summed E-state index contributed by atoms with van der Waals surface area (Å²) in [6, 6.07) is 1.83. The molecule has 0 spiro atoms. The van der Waals surface area contributed by atoms with E-state index in [1.807, 2.05) is 12.1 Å². The molecule has 1 atom stereocenters. The molecule has 0 saturated heterocycles. The van der Waals surface area contributed by atoms with E-state index in [4.69, 9.17) is 22.1 Å². The Hall–Kier alpha value is -1.33. The molecular formula is C12H11ClN2O2S. The SMILES string of the molecule is NC(=O)c1cc2c(s1)C1=NC(Cl)CC=C1OCC2. The molecular weight excluding hydrogens is 272 g/mol. The maximum atomic E-state index is 11.2. The molecule has 6 heteroatoms. The van der Waals surface area contributed by atoms with Gasteiger partial charge in [-0.2, -0.15) is 0 Å². The molecule has 1 amide bonds. The highest BCUT2D eigenvalue weighted by Gasteiger charge is 2.26. The number of fused-ring (bicyclic) bond motifs is 3. The van der Waals surface area contributed by atoms with E-state index in [9.17, 15) is 4.79 Å². The number of alkyl halides is 1. The zero-order valence-corrected chi connectivity index (χ0v) is 11.1. The first kappa shape index (κ1) is 11.7. The number of aliphatic imine (C=N–C) groups is 1. The van der Waals surface area contributed by atoms with Crippen LogP contribution in [0.25, 0.3) is 0 Å². The summed E-state index contributed by atoms with van der Waals surface area (Å²) in [5.74, 6) is 0.363. The molecule has 0 saturated carbocycles. The van der Waals surface area contributed by atoms with Crippen LogP contribution in [0.5, 0.6) is 0 Å². The number of hydrogen-bond acceptors (Lipinski definition) is 4. The molecule has 0 fully saturated rings. The Morgan fingerprint density at radius 3 is 3.22 bits per heavy atom. The highest BCUT2D eigenvalue weighted by atomic mass is 35.5. The fourth-order valence-electron chi connectivity index (χ4n) is 2.06. The van der Waals surface area contributed by atoms with Gasteiger partial charge < -0.3 is 10.5 Å². The Labute approximate surface area is 113 Å². The van der Waals surface area contributed by atoms with Crippen molar-refractivity contribution in [2.75, 3.05) is 6.61 Å². The van der Waals surface area contributed by atoms with Crippen LogP contribution in [0.2, 0.25) is 0 Å². The van der Waals surface area contributed by atoms with Crippen LogP contribution in [0.3, 0.4) is 0 Å². The molecule has 94 valence electrons. The number of hydrogen-bond donors (Lipinski definition) is 1. The van der Waals surface area contributed by atoms with Gasteiger partial charge in [0.1, 0.15) is 17.0 Å². The van der Waals surface area contributed by atoms with Crippen molar-refractivity contribution >= 4 is 34.6 Å². The van der Waals surface area contributed by atoms with Crippen LogP contribution in [-0.4, -0.2) is 23.7 Å². The highest BCUT2D eigenvalue weighted by molar-refractivity contribution is 7.16. The third-order valence-corrected chi connectivity index (χ3v) is 4.37. The van der Waals surface area contributed by atoms with Crippen LogP contribution in [0.1, 0.15) is 26.5 Å². The van der Waals surface area contributed by atoms with Crippen molar-refractivity contribution in [1.82, 2.24) is 0 Å².